The Morgan fingerprint density at radius 1 is 1.19 bits per heavy atom. The Morgan fingerprint density at radius 3 is 2.53 bits per heavy atom. The van der Waals surface area contributed by atoms with Crippen molar-refractivity contribution in [3.8, 4) is 5.88 Å². The number of fused-ring (bicyclic) bond motifs is 3. The summed E-state index contributed by atoms with van der Waals surface area (Å²) < 4.78 is 37.0. The van der Waals surface area contributed by atoms with Gasteiger partial charge in [0, 0.05) is 23.7 Å². The minimum absolute atomic E-state index is 0.241. The van der Waals surface area contributed by atoms with Gasteiger partial charge in [-0.3, -0.25) is 0 Å². The van der Waals surface area contributed by atoms with Crippen LogP contribution in [-0.4, -0.2) is 54.0 Å². The number of carbonyl (C=O) groups is 1. The molecule has 1 saturated heterocycles. The highest BCUT2D eigenvalue weighted by atomic mass is 32.1. The van der Waals surface area contributed by atoms with Crippen LogP contribution in [0.1, 0.15) is 18.4 Å². The number of anilines is 2. The number of para-hydroxylation sites is 1. The zero-order chi connectivity index (χ0) is 22.9. The van der Waals surface area contributed by atoms with Crippen LogP contribution in [0.25, 0.3) is 10.3 Å². The lowest BCUT2D eigenvalue weighted by Crippen LogP contribution is -2.42. The molecule has 5 rings (SSSR count). The van der Waals surface area contributed by atoms with Gasteiger partial charge >= 0.3 is 12.1 Å². The molecule has 32 heavy (non-hydrogen) atoms. The summed E-state index contributed by atoms with van der Waals surface area (Å²) in [6, 6.07) is 12.7. The normalized spacial score (nSPS) is 17.1. The maximum atomic E-state index is 10.6. The van der Waals surface area contributed by atoms with Crippen LogP contribution in [0.5, 0.6) is 5.88 Å². The number of aromatic nitrogens is 2. The summed E-state index contributed by atoms with van der Waals surface area (Å²) in [5, 5.41) is 11.7. The number of aliphatic carboxylic acids is 1. The zero-order valence-corrected chi connectivity index (χ0v) is 18.0. The first-order valence-electron chi connectivity index (χ1n) is 9.93. The maximum Gasteiger partial charge on any atom is 0.490 e. The number of carboxylic acid groups (broad SMARTS) is 1. The third-order valence-corrected chi connectivity index (χ3v) is 6.68. The van der Waals surface area contributed by atoms with E-state index in [0.29, 0.717) is 5.88 Å². The molecular formula is C21H21F3N4O3S. The van der Waals surface area contributed by atoms with Crippen LogP contribution in [0, 0.1) is 0 Å². The first-order valence-corrected chi connectivity index (χ1v) is 10.7. The van der Waals surface area contributed by atoms with Gasteiger partial charge in [-0.1, -0.05) is 29.5 Å². The molecule has 4 heterocycles. The molecule has 2 N–H and O–H groups in total. The predicted molar refractivity (Wildman–Crippen MR) is 115 cm³/mol. The molecular weight excluding hydrogens is 445 g/mol. The lowest BCUT2D eigenvalue weighted by Gasteiger charge is -2.34. The summed E-state index contributed by atoms with van der Waals surface area (Å²) in [7, 11) is 1.65. The van der Waals surface area contributed by atoms with Gasteiger partial charge in [-0.05, 0) is 43.6 Å². The fourth-order valence-electron chi connectivity index (χ4n) is 4.15. The van der Waals surface area contributed by atoms with Crippen molar-refractivity contribution in [2.24, 2.45) is 0 Å². The lowest BCUT2D eigenvalue weighted by atomic mass is 9.75. The fraction of sp³-hybridized carbons (Fsp3) is 0.381. The Kier molecular flexibility index (Phi) is 5.95. The van der Waals surface area contributed by atoms with Crippen LogP contribution in [0.15, 0.2) is 36.4 Å². The molecule has 0 radical (unpaired) electrons. The molecule has 1 spiro atoms. The van der Waals surface area contributed by atoms with Crippen molar-refractivity contribution in [2.45, 2.75) is 24.4 Å². The highest BCUT2D eigenvalue weighted by molar-refractivity contribution is 7.21. The van der Waals surface area contributed by atoms with Crippen LogP contribution in [0.2, 0.25) is 0 Å². The summed E-state index contributed by atoms with van der Waals surface area (Å²) in [4.78, 5) is 21.6. The second-order valence-corrected chi connectivity index (χ2v) is 8.57. The minimum Gasteiger partial charge on any atom is -0.481 e. The quantitative estimate of drug-likeness (QED) is 0.588. The van der Waals surface area contributed by atoms with Gasteiger partial charge in [-0.15, -0.1) is 0 Å². The minimum atomic E-state index is -5.08. The summed E-state index contributed by atoms with van der Waals surface area (Å²) in [6.07, 6.45) is -2.73. The Bertz CT molecular complexity index is 1130. The first-order chi connectivity index (χ1) is 15.2. The molecule has 7 nitrogen and oxygen atoms in total. The van der Waals surface area contributed by atoms with Gasteiger partial charge < -0.3 is 20.1 Å². The number of piperidine rings is 1. The number of benzene rings is 1. The summed E-state index contributed by atoms with van der Waals surface area (Å²) >= 11 is 1.64. The van der Waals surface area contributed by atoms with E-state index >= 15 is 0 Å². The molecule has 0 atom stereocenters. The molecule has 0 bridgehead atoms. The number of pyridine rings is 1. The van der Waals surface area contributed by atoms with Crippen molar-refractivity contribution in [3.05, 3.63) is 42.0 Å². The average Bonchev–Trinajstić information content (AvgIpc) is 3.33. The van der Waals surface area contributed by atoms with Crippen LogP contribution < -0.4 is 15.0 Å². The molecule has 11 heteroatoms. The number of nitrogens with one attached hydrogen (secondary N) is 1. The number of halogens is 3. The SMILES string of the molecule is COc1ccc2nc(N3CC4(CCNCC4)c4ccccc43)sc2n1.O=C(O)C(F)(F)F. The number of rotatable bonds is 2. The highest BCUT2D eigenvalue weighted by Gasteiger charge is 2.44. The van der Waals surface area contributed by atoms with E-state index in [1.807, 2.05) is 12.1 Å². The number of hydrogen-bond donors (Lipinski definition) is 2. The third-order valence-electron chi connectivity index (χ3n) is 5.69. The standard InChI is InChI=1S/C19H20N4OS.C2HF3O2/c1-24-16-7-6-14-17(22-16)25-18(21-14)23-12-19(8-10-20-11-9-19)13-4-2-3-5-15(13)23;3-2(4,5)1(6)7/h2-7,20H,8-12H2,1H3;(H,6,7). The van der Waals surface area contributed by atoms with Crippen molar-refractivity contribution < 1.29 is 27.8 Å². The second kappa shape index (κ2) is 8.55. The van der Waals surface area contributed by atoms with E-state index in [1.54, 1.807) is 18.4 Å². The fourth-order valence-corrected chi connectivity index (χ4v) is 5.10. The molecule has 2 aromatic heterocycles. The number of methoxy groups -OCH3 is 1. The van der Waals surface area contributed by atoms with Gasteiger partial charge in [0.1, 0.15) is 10.3 Å². The molecule has 0 amide bonds. The summed E-state index contributed by atoms with van der Waals surface area (Å²) in [5.74, 6) is -2.12. The van der Waals surface area contributed by atoms with E-state index in [0.717, 1.165) is 35.1 Å². The molecule has 170 valence electrons. The number of carboxylic acids is 1. The van der Waals surface area contributed by atoms with Crippen molar-refractivity contribution >= 4 is 38.5 Å². The van der Waals surface area contributed by atoms with Crippen molar-refractivity contribution in [3.63, 3.8) is 0 Å². The Balaban J connectivity index is 0.000000307. The first kappa shape index (κ1) is 22.3. The van der Waals surface area contributed by atoms with E-state index in [1.165, 1.54) is 24.1 Å². The molecule has 2 aliphatic rings. The van der Waals surface area contributed by atoms with Gasteiger partial charge in [-0.2, -0.15) is 13.2 Å². The van der Waals surface area contributed by atoms with E-state index in [2.05, 4.69) is 39.5 Å². The van der Waals surface area contributed by atoms with Gasteiger partial charge in [0.15, 0.2) is 5.13 Å². The largest absolute Gasteiger partial charge is 0.490 e. The summed E-state index contributed by atoms with van der Waals surface area (Å²) in [5.41, 5.74) is 3.95. The van der Waals surface area contributed by atoms with Crippen LogP contribution in [0.3, 0.4) is 0 Å². The van der Waals surface area contributed by atoms with Crippen molar-refractivity contribution in [1.82, 2.24) is 15.3 Å². The van der Waals surface area contributed by atoms with Gasteiger partial charge in [0.05, 0.1) is 7.11 Å². The molecule has 0 saturated carbocycles. The van der Waals surface area contributed by atoms with Gasteiger partial charge in [0.2, 0.25) is 5.88 Å². The monoisotopic (exact) mass is 466 g/mol. The highest BCUT2D eigenvalue weighted by Crippen LogP contribution is 2.49. The smallest absolute Gasteiger partial charge is 0.481 e. The second-order valence-electron chi connectivity index (χ2n) is 7.61. The van der Waals surface area contributed by atoms with E-state index in [-0.39, 0.29) is 5.41 Å². The number of nitrogens with zero attached hydrogens (tertiary/aromatic N) is 3. The van der Waals surface area contributed by atoms with Gasteiger partial charge in [-0.25, -0.2) is 14.8 Å². The van der Waals surface area contributed by atoms with E-state index < -0.39 is 12.1 Å². The van der Waals surface area contributed by atoms with Crippen LogP contribution in [-0.2, 0) is 10.2 Å². The zero-order valence-electron chi connectivity index (χ0n) is 17.1. The Hall–Kier alpha value is -2.92. The maximum absolute atomic E-state index is 10.6. The van der Waals surface area contributed by atoms with E-state index in [9.17, 15) is 13.2 Å². The third kappa shape index (κ3) is 4.22. The van der Waals surface area contributed by atoms with Crippen molar-refractivity contribution in [1.29, 1.82) is 0 Å². The number of ether oxygens (including phenoxy) is 1. The topological polar surface area (TPSA) is 87.6 Å². The molecule has 0 aliphatic carbocycles. The average molecular weight is 466 g/mol. The van der Waals surface area contributed by atoms with Crippen LogP contribution in [0.4, 0.5) is 24.0 Å². The number of alkyl halides is 3. The molecule has 1 fully saturated rings. The lowest BCUT2D eigenvalue weighted by molar-refractivity contribution is -0.192. The van der Waals surface area contributed by atoms with Gasteiger partial charge in [0.25, 0.3) is 0 Å². The molecule has 0 unspecified atom stereocenters. The molecule has 3 aromatic rings. The summed E-state index contributed by atoms with van der Waals surface area (Å²) in [6.45, 7) is 3.17. The number of thiazole rings is 1. The predicted octanol–water partition coefficient (Wildman–Crippen LogP) is 4.11. The molecule has 1 aromatic carbocycles. The Morgan fingerprint density at radius 2 is 1.88 bits per heavy atom. The Labute approximate surface area is 185 Å². The molecule has 2 aliphatic heterocycles. The van der Waals surface area contributed by atoms with Crippen molar-refractivity contribution in [2.75, 3.05) is 31.6 Å². The van der Waals surface area contributed by atoms with Crippen LogP contribution >= 0.6 is 11.3 Å². The van der Waals surface area contributed by atoms with E-state index in [4.69, 9.17) is 19.6 Å². The number of hydrogen-bond acceptors (Lipinski definition) is 7.